The molecule has 2 nitrogen and oxygen atoms in total. The van der Waals surface area contributed by atoms with Gasteiger partial charge >= 0.3 is 0 Å². The largest absolute Gasteiger partial charge is 0.309 e. The molecule has 0 fully saturated rings. The third-order valence-electron chi connectivity index (χ3n) is 2.57. The highest BCUT2D eigenvalue weighted by atomic mass is 32.1. The van der Waals surface area contributed by atoms with Gasteiger partial charge in [0.15, 0.2) is 0 Å². The van der Waals surface area contributed by atoms with E-state index in [0.717, 1.165) is 6.54 Å². The minimum Gasteiger partial charge on any atom is -0.309 e. The molecule has 0 aromatic carbocycles. The third-order valence-corrected chi connectivity index (χ3v) is 4.21. The molecule has 1 atom stereocenters. The number of nitrogens with zero attached hydrogens (tertiary/aromatic N) is 1. The van der Waals surface area contributed by atoms with Gasteiger partial charge in [-0.25, -0.2) is 4.98 Å². The molecular weight excluding hydrogens is 216 g/mol. The van der Waals surface area contributed by atoms with E-state index in [1.54, 1.807) is 0 Å². The van der Waals surface area contributed by atoms with Gasteiger partial charge in [0.1, 0.15) is 0 Å². The molecule has 0 bridgehead atoms. The van der Waals surface area contributed by atoms with Crippen molar-refractivity contribution in [1.29, 1.82) is 0 Å². The molecule has 1 unspecified atom stereocenters. The van der Waals surface area contributed by atoms with Gasteiger partial charge in [0.2, 0.25) is 0 Å². The maximum atomic E-state index is 4.64. The summed E-state index contributed by atoms with van der Waals surface area (Å²) >= 11 is 1.85. The molecule has 0 spiro atoms. The highest BCUT2D eigenvalue weighted by molar-refractivity contribution is 7.11. The van der Waals surface area contributed by atoms with Crippen LogP contribution in [0.25, 0.3) is 0 Å². The summed E-state index contributed by atoms with van der Waals surface area (Å²) in [6.07, 6.45) is 0. The van der Waals surface area contributed by atoms with Crippen LogP contribution in [0.15, 0.2) is 0 Å². The average Bonchev–Trinajstić information content (AvgIpc) is 2.57. The van der Waals surface area contributed by atoms with Gasteiger partial charge in [0.25, 0.3) is 0 Å². The van der Waals surface area contributed by atoms with Crippen LogP contribution in [0.4, 0.5) is 0 Å². The second-order valence-electron chi connectivity index (χ2n) is 5.18. The van der Waals surface area contributed by atoms with E-state index in [2.05, 4.69) is 51.8 Å². The van der Waals surface area contributed by atoms with Gasteiger partial charge in [-0.3, -0.25) is 0 Å². The van der Waals surface area contributed by atoms with Gasteiger partial charge in [-0.2, -0.15) is 0 Å². The standard InChI is InChI=1S/C13H24N2S/c1-8(2)7-14-10(5)12-11(6)15-13(16-12)9(3)4/h8-10,14H,7H2,1-6H3. The smallest absolute Gasteiger partial charge is 0.0956 e. The second-order valence-corrected chi connectivity index (χ2v) is 6.24. The van der Waals surface area contributed by atoms with Crippen LogP contribution in [0.2, 0.25) is 0 Å². The molecule has 92 valence electrons. The summed E-state index contributed by atoms with van der Waals surface area (Å²) in [5.41, 5.74) is 1.19. The lowest BCUT2D eigenvalue weighted by atomic mass is 10.2. The summed E-state index contributed by atoms with van der Waals surface area (Å²) in [6.45, 7) is 14.3. The van der Waals surface area contributed by atoms with Crippen LogP contribution in [0.5, 0.6) is 0 Å². The van der Waals surface area contributed by atoms with Crippen LogP contribution < -0.4 is 5.32 Å². The Bertz CT molecular complexity index is 329. The summed E-state index contributed by atoms with van der Waals surface area (Å²) in [5, 5.41) is 4.82. The Hall–Kier alpha value is -0.410. The molecule has 0 radical (unpaired) electrons. The van der Waals surface area contributed by atoms with Crippen molar-refractivity contribution in [2.24, 2.45) is 5.92 Å². The fraction of sp³-hybridized carbons (Fsp3) is 0.769. The number of aromatic nitrogens is 1. The molecule has 0 amide bonds. The molecule has 0 aliphatic heterocycles. The maximum absolute atomic E-state index is 4.64. The molecule has 1 aromatic rings. The lowest BCUT2D eigenvalue weighted by molar-refractivity contribution is 0.499. The van der Waals surface area contributed by atoms with E-state index >= 15 is 0 Å². The Kier molecular flexibility index (Phi) is 4.93. The van der Waals surface area contributed by atoms with Gasteiger partial charge in [0.05, 0.1) is 10.7 Å². The number of thiazole rings is 1. The summed E-state index contributed by atoms with van der Waals surface area (Å²) in [5.74, 6) is 1.23. The van der Waals surface area contributed by atoms with E-state index in [4.69, 9.17) is 0 Å². The first-order valence-corrected chi connectivity index (χ1v) is 6.94. The number of aryl methyl sites for hydroxylation is 1. The van der Waals surface area contributed by atoms with Crippen LogP contribution in [0, 0.1) is 12.8 Å². The van der Waals surface area contributed by atoms with Crippen molar-refractivity contribution < 1.29 is 0 Å². The summed E-state index contributed by atoms with van der Waals surface area (Å²) in [4.78, 5) is 6.03. The lowest BCUT2D eigenvalue weighted by Gasteiger charge is -2.14. The Morgan fingerprint density at radius 1 is 1.19 bits per heavy atom. The molecule has 0 saturated heterocycles. The van der Waals surface area contributed by atoms with Crippen LogP contribution in [-0.2, 0) is 0 Å². The maximum Gasteiger partial charge on any atom is 0.0956 e. The minimum absolute atomic E-state index is 0.424. The zero-order valence-corrected chi connectivity index (χ0v) is 12.1. The SMILES string of the molecule is Cc1nc(C(C)C)sc1C(C)NCC(C)C. The molecule has 0 saturated carbocycles. The first-order chi connectivity index (χ1) is 7.41. The van der Waals surface area contributed by atoms with Crippen molar-refractivity contribution in [2.75, 3.05) is 6.54 Å². The van der Waals surface area contributed by atoms with Crippen molar-refractivity contribution in [3.63, 3.8) is 0 Å². The van der Waals surface area contributed by atoms with Crippen LogP contribution in [0.3, 0.4) is 0 Å². The first-order valence-electron chi connectivity index (χ1n) is 6.12. The molecule has 0 aliphatic rings. The fourth-order valence-electron chi connectivity index (χ4n) is 1.58. The summed E-state index contributed by atoms with van der Waals surface area (Å²) in [7, 11) is 0. The highest BCUT2D eigenvalue weighted by Crippen LogP contribution is 2.29. The number of nitrogens with one attached hydrogen (secondary N) is 1. The average molecular weight is 240 g/mol. The van der Waals surface area contributed by atoms with Crippen LogP contribution in [0.1, 0.15) is 62.2 Å². The van der Waals surface area contributed by atoms with Gasteiger partial charge in [0, 0.05) is 16.8 Å². The fourth-order valence-corrected chi connectivity index (χ4v) is 2.68. The van der Waals surface area contributed by atoms with Crippen molar-refractivity contribution in [1.82, 2.24) is 10.3 Å². The number of hydrogen-bond donors (Lipinski definition) is 1. The molecule has 0 aliphatic carbocycles. The number of rotatable bonds is 5. The molecular formula is C13H24N2S. The van der Waals surface area contributed by atoms with E-state index in [1.165, 1.54) is 15.6 Å². The van der Waals surface area contributed by atoms with Crippen molar-refractivity contribution in [2.45, 2.75) is 53.5 Å². The topological polar surface area (TPSA) is 24.9 Å². The van der Waals surface area contributed by atoms with Crippen LogP contribution in [-0.4, -0.2) is 11.5 Å². The van der Waals surface area contributed by atoms with E-state index in [9.17, 15) is 0 Å². The zero-order chi connectivity index (χ0) is 12.3. The van der Waals surface area contributed by atoms with Crippen molar-refractivity contribution in [3.05, 3.63) is 15.6 Å². The minimum atomic E-state index is 0.424. The Morgan fingerprint density at radius 2 is 1.81 bits per heavy atom. The molecule has 1 rings (SSSR count). The predicted molar refractivity (Wildman–Crippen MR) is 72.2 cm³/mol. The Labute approximate surface area is 103 Å². The molecule has 1 aromatic heterocycles. The Morgan fingerprint density at radius 3 is 2.25 bits per heavy atom. The third kappa shape index (κ3) is 3.56. The van der Waals surface area contributed by atoms with E-state index in [1.807, 2.05) is 11.3 Å². The van der Waals surface area contributed by atoms with Crippen LogP contribution >= 0.6 is 11.3 Å². The van der Waals surface area contributed by atoms with Crippen molar-refractivity contribution >= 4 is 11.3 Å². The normalized spacial score (nSPS) is 13.8. The number of hydrogen-bond acceptors (Lipinski definition) is 3. The molecule has 16 heavy (non-hydrogen) atoms. The lowest BCUT2D eigenvalue weighted by Crippen LogP contribution is -2.23. The van der Waals surface area contributed by atoms with E-state index in [0.29, 0.717) is 17.9 Å². The van der Waals surface area contributed by atoms with Gasteiger partial charge in [-0.15, -0.1) is 11.3 Å². The Balaban J connectivity index is 2.71. The highest BCUT2D eigenvalue weighted by Gasteiger charge is 2.15. The quantitative estimate of drug-likeness (QED) is 0.845. The van der Waals surface area contributed by atoms with E-state index in [-0.39, 0.29) is 0 Å². The zero-order valence-electron chi connectivity index (χ0n) is 11.3. The second kappa shape index (κ2) is 5.78. The van der Waals surface area contributed by atoms with Gasteiger partial charge in [-0.05, 0) is 26.3 Å². The summed E-state index contributed by atoms with van der Waals surface area (Å²) in [6, 6.07) is 0.424. The molecule has 1 N–H and O–H groups in total. The van der Waals surface area contributed by atoms with E-state index < -0.39 is 0 Å². The molecule has 1 heterocycles. The van der Waals surface area contributed by atoms with Crippen molar-refractivity contribution in [3.8, 4) is 0 Å². The molecule has 3 heteroatoms. The predicted octanol–water partition coefficient (Wildman–Crippen LogP) is 3.88. The van der Waals surface area contributed by atoms with Gasteiger partial charge in [-0.1, -0.05) is 27.7 Å². The van der Waals surface area contributed by atoms with Gasteiger partial charge < -0.3 is 5.32 Å². The monoisotopic (exact) mass is 240 g/mol. The first kappa shape index (κ1) is 13.7. The summed E-state index contributed by atoms with van der Waals surface area (Å²) < 4.78 is 0.